The molecule has 2 aromatic carbocycles. The lowest BCUT2D eigenvalue weighted by Gasteiger charge is -2.14. The molecule has 0 N–H and O–H groups in total. The maximum Gasteiger partial charge on any atom is 0.508 e. The van der Waals surface area contributed by atoms with Gasteiger partial charge in [0.1, 0.15) is 0 Å². The van der Waals surface area contributed by atoms with Crippen LogP contribution in [0.1, 0.15) is 49.7 Å². The molecular formula is C21H24I2O3. The third kappa shape index (κ3) is 7.42. The summed E-state index contributed by atoms with van der Waals surface area (Å²) >= 11 is 4.59. The molecule has 0 saturated carbocycles. The smallest absolute Gasteiger partial charge is 0.434 e. The molecule has 5 heteroatoms. The Morgan fingerprint density at radius 3 is 1.46 bits per heavy atom. The van der Waals surface area contributed by atoms with E-state index in [1.54, 1.807) is 0 Å². The molecule has 0 radical (unpaired) electrons. The van der Waals surface area contributed by atoms with Gasteiger partial charge in [0.15, 0.2) is 0 Å². The van der Waals surface area contributed by atoms with E-state index in [1.807, 2.05) is 0 Å². The van der Waals surface area contributed by atoms with Gasteiger partial charge < -0.3 is 9.47 Å². The molecule has 2 aromatic rings. The Hall–Kier alpha value is -0.830. The summed E-state index contributed by atoms with van der Waals surface area (Å²) in [6.07, 6.45) is 0.998. The summed E-state index contributed by atoms with van der Waals surface area (Å²) in [5, 5.41) is 0. The fourth-order valence-electron chi connectivity index (χ4n) is 2.60. The van der Waals surface area contributed by atoms with Gasteiger partial charge in [-0.05, 0) is 105 Å². The zero-order valence-electron chi connectivity index (χ0n) is 15.1. The second-order valence-corrected chi connectivity index (χ2v) is 8.92. The largest absolute Gasteiger partial charge is 0.508 e. The molecule has 26 heavy (non-hydrogen) atoms. The quantitative estimate of drug-likeness (QED) is 0.257. The molecule has 2 rings (SSSR count). The van der Waals surface area contributed by atoms with Gasteiger partial charge in [-0.15, -0.1) is 0 Å². The van der Waals surface area contributed by atoms with Crippen LogP contribution in [0.25, 0.3) is 0 Å². The minimum absolute atomic E-state index is 0.348. The van der Waals surface area contributed by atoms with Crippen LogP contribution in [0.3, 0.4) is 0 Å². The summed E-state index contributed by atoms with van der Waals surface area (Å²) in [4.78, 5) is 11.7. The lowest BCUT2D eigenvalue weighted by atomic mass is 9.98. The van der Waals surface area contributed by atoms with E-state index < -0.39 is 6.16 Å². The maximum absolute atomic E-state index is 11.7. The Morgan fingerprint density at radius 1 is 0.769 bits per heavy atom. The van der Waals surface area contributed by atoms with Crippen LogP contribution in [-0.2, 0) is 9.47 Å². The number of hydrogen-bond donors (Lipinski definition) is 0. The Labute approximate surface area is 183 Å². The highest BCUT2D eigenvalue weighted by molar-refractivity contribution is 14.1. The van der Waals surface area contributed by atoms with Crippen molar-refractivity contribution in [3.63, 3.8) is 0 Å². The molecule has 2 unspecified atom stereocenters. The summed E-state index contributed by atoms with van der Waals surface area (Å²) in [5.74, 6) is 0.696. The van der Waals surface area contributed by atoms with Gasteiger partial charge in [-0.1, -0.05) is 38.1 Å². The van der Waals surface area contributed by atoms with Crippen molar-refractivity contribution in [3.05, 3.63) is 66.8 Å². The normalized spacial score (nSPS) is 13.1. The molecule has 0 saturated heterocycles. The fraction of sp³-hybridized carbons (Fsp3) is 0.381. The number of ether oxygens (including phenoxy) is 2. The second-order valence-electron chi connectivity index (χ2n) is 6.43. The predicted octanol–water partition coefficient (Wildman–Crippen LogP) is 6.74. The Bertz CT molecular complexity index is 624. The summed E-state index contributed by atoms with van der Waals surface area (Å²) in [7, 11) is 0. The van der Waals surface area contributed by atoms with Gasteiger partial charge in [0, 0.05) is 7.14 Å². The molecule has 0 aliphatic rings. The van der Waals surface area contributed by atoms with Crippen LogP contribution in [0, 0.1) is 7.14 Å². The minimum Gasteiger partial charge on any atom is -0.434 e. The molecule has 0 aromatic heterocycles. The standard InChI is InChI=1S/C21H24I2O3/c1-15(17-3-7-19(22)8-4-17)11-13-25-21(24)26-14-12-16(2)18-5-9-20(23)10-6-18/h3-10,15-16H,11-14H2,1-2H3. The van der Waals surface area contributed by atoms with Crippen molar-refractivity contribution in [1.82, 2.24) is 0 Å². The van der Waals surface area contributed by atoms with Gasteiger partial charge in [0.05, 0.1) is 13.2 Å². The van der Waals surface area contributed by atoms with Crippen LogP contribution < -0.4 is 0 Å². The van der Waals surface area contributed by atoms with Crippen LogP contribution in [0.15, 0.2) is 48.5 Å². The van der Waals surface area contributed by atoms with E-state index in [2.05, 4.69) is 108 Å². The van der Waals surface area contributed by atoms with Crippen LogP contribution >= 0.6 is 45.2 Å². The zero-order chi connectivity index (χ0) is 18.9. The van der Waals surface area contributed by atoms with Gasteiger partial charge >= 0.3 is 6.16 Å². The van der Waals surface area contributed by atoms with Crippen molar-refractivity contribution in [2.24, 2.45) is 0 Å². The lowest BCUT2D eigenvalue weighted by Crippen LogP contribution is -2.12. The first-order valence-electron chi connectivity index (χ1n) is 8.76. The van der Waals surface area contributed by atoms with E-state index in [9.17, 15) is 4.79 Å². The molecule has 0 aliphatic heterocycles. The highest BCUT2D eigenvalue weighted by atomic mass is 127. The van der Waals surface area contributed by atoms with Crippen molar-refractivity contribution in [3.8, 4) is 0 Å². The summed E-state index contributed by atoms with van der Waals surface area (Å²) in [6.45, 7) is 5.02. The fourth-order valence-corrected chi connectivity index (χ4v) is 3.31. The minimum atomic E-state index is -0.574. The van der Waals surface area contributed by atoms with Crippen molar-refractivity contribution in [2.45, 2.75) is 38.5 Å². The Morgan fingerprint density at radius 2 is 1.12 bits per heavy atom. The van der Waals surface area contributed by atoms with Gasteiger partial charge in [-0.3, -0.25) is 0 Å². The molecule has 0 amide bonds. The monoisotopic (exact) mass is 578 g/mol. The number of hydrogen-bond acceptors (Lipinski definition) is 3. The van der Waals surface area contributed by atoms with E-state index in [0.717, 1.165) is 12.8 Å². The third-order valence-corrected chi connectivity index (χ3v) is 5.86. The summed E-state index contributed by atoms with van der Waals surface area (Å²) < 4.78 is 12.8. The molecule has 140 valence electrons. The molecule has 3 nitrogen and oxygen atoms in total. The first-order valence-corrected chi connectivity index (χ1v) is 10.9. The topological polar surface area (TPSA) is 35.5 Å². The van der Waals surface area contributed by atoms with Crippen molar-refractivity contribution in [1.29, 1.82) is 0 Å². The first-order chi connectivity index (χ1) is 12.5. The number of carbonyl (C=O) groups is 1. The van der Waals surface area contributed by atoms with Crippen molar-refractivity contribution >= 4 is 51.3 Å². The summed E-state index contributed by atoms with van der Waals surface area (Å²) in [6, 6.07) is 16.9. The van der Waals surface area contributed by atoms with E-state index in [-0.39, 0.29) is 0 Å². The number of benzene rings is 2. The average molecular weight is 578 g/mol. The molecule has 0 spiro atoms. The number of rotatable bonds is 8. The molecular weight excluding hydrogens is 554 g/mol. The molecule has 2 atom stereocenters. The van der Waals surface area contributed by atoms with Gasteiger partial charge in [0.25, 0.3) is 0 Å². The SMILES string of the molecule is CC(CCOC(=O)OCCC(C)c1ccc(I)cc1)c1ccc(I)cc1. The van der Waals surface area contributed by atoms with Gasteiger partial charge in [-0.2, -0.15) is 0 Å². The van der Waals surface area contributed by atoms with Crippen molar-refractivity contribution in [2.75, 3.05) is 13.2 Å². The van der Waals surface area contributed by atoms with Crippen LogP contribution in [0.4, 0.5) is 4.79 Å². The summed E-state index contributed by atoms with van der Waals surface area (Å²) in [5.41, 5.74) is 2.52. The highest BCUT2D eigenvalue weighted by Gasteiger charge is 2.10. The maximum atomic E-state index is 11.7. The van der Waals surface area contributed by atoms with Crippen LogP contribution in [0.5, 0.6) is 0 Å². The Balaban J connectivity index is 1.62. The third-order valence-electron chi connectivity index (χ3n) is 4.42. The zero-order valence-corrected chi connectivity index (χ0v) is 19.4. The molecule has 0 fully saturated rings. The van der Waals surface area contributed by atoms with Crippen LogP contribution in [-0.4, -0.2) is 19.4 Å². The molecule has 0 heterocycles. The lowest BCUT2D eigenvalue weighted by molar-refractivity contribution is 0.0518. The Kier molecular flexibility index (Phi) is 9.18. The van der Waals surface area contributed by atoms with Gasteiger partial charge in [0.2, 0.25) is 0 Å². The van der Waals surface area contributed by atoms with E-state index >= 15 is 0 Å². The second kappa shape index (κ2) is 11.1. The molecule has 0 aliphatic carbocycles. The number of halogens is 2. The van der Waals surface area contributed by atoms with Crippen LogP contribution in [0.2, 0.25) is 0 Å². The van der Waals surface area contributed by atoms with E-state index in [1.165, 1.54) is 18.3 Å². The van der Waals surface area contributed by atoms with E-state index in [4.69, 9.17) is 9.47 Å². The average Bonchev–Trinajstić information content (AvgIpc) is 2.62. The highest BCUT2D eigenvalue weighted by Crippen LogP contribution is 2.21. The predicted molar refractivity (Wildman–Crippen MR) is 122 cm³/mol. The number of carbonyl (C=O) groups excluding carboxylic acids is 1. The first kappa shape index (κ1) is 21.5. The van der Waals surface area contributed by atoms with Crippen molar-refractivity contribution < 1.29 is 14.3 Å². The van der Waals surface area contributed by atoms with Gasteiger partial charge in [-0.25, -0.2) is 4.79 Å². The molecule has 0 bridgehead atoms. The van der Waals surface area contributed by atoms with E-state index in [0.29, 0.717) is 25.0 Å².